The fourth-order valence-electron chi connectivity index (χ4n) is 3.04. The van der Waals surface area contributed by atoms with E-state index in [0.717, 1.165) is 22.9 Å². The number of nitrogens with zero attached hydrogens (tertiary/aromatic N) is 1. The molecule has 0 bridgehead atoms. The molecule has 2 rings (SSSR count). The van der Waals surface area contributed by atoms with Crippen LogP contribution in [0.5, 0.6) is 0 Å². The van der Waals surface area contributed by atoms with E-state index in [4.69, 9.17) is 4.84 Å². The van der Waals surface area contributed by atoms with Crippen molar-refractivity contribution in [2.75, 3.05) is 13.1 Å². The van der Waals surface area contributed by atoms with Crippen LogP contribution in [0.1, 0.15) is 66.0 Å². The van der Waals surface area contributed by atoms with Gasteiger partial charge in [-0.3, -0.25) is 0 Å². The first-order valence-corrected chi connectivity index (χ1v) is 12.2. The van der Waals surface area contributed by atoms with Crippen molar-refractivity contribution >= 4 is 31.9 Å². The van der Waals surface area contributed by atoms with Crippen LogP contribution in [0.2, 0.25) is 0 Å². The highest BCUT2D eigenvalue weighted by Crippen LogP contribution is 2.36. The molecule has 1 fully saturated rings. The molecule has 1 aromatic carbocycles. The normalized spacial score (nSPS) is 18.4. The largest absolute Gasteiger partial charge is 0.367 e. The van der Waals surface area contributed by atoms with Crippen LogP contribution >= 0.6 is 15.9 Å². The molecule has 1 aromatic rings. The van der Waals surface area contributed by atoms with Gasteiger partial charge < -0.3 is 4.84 Å². The van der Waals surface area contributed by atoms with Crippen LogP contribution in [0, 0.1) is 11.3 Å². The minimum absolute atomic E-state index is 0.0930. The zero-order chi connectivity index (χ0) is 22.0. The molecule has 1 aliphatic heterocycles. The first kappa shape index (κ1) is 24.3. The zero-order valence-electron chi connectivity index (χ0n) is 18.2. The second-order valence-electron chi connectivity index (χ2n) is 9.63. The lowest BCUT2D eigenvalue weighted by atomic mass is 9.86. The number of hydroxylamine groups is 2. The molecule has 1 N–H and O–H groups in total. The summed E-state index contributed by atoms with van der Waals surface area (Å²) >= 11 is 3.57. The summed E-state index contributed by atoms with van der Waals surface area (Å²) in [5.74, 6) is -0.165. The molecule has 0 unspecified atom stereocenters. The number of sulfonamides is 1. The first-order chi connectivity index (χ1) is 13.2. The lowest BCUT2D eigenvalue weighted by Gasteiger charge is -2.37. The SMILES string of the molecule is CC(C)(C)C(=O)ON1CCC([C@@H](NS(=O)(=O)C(C)(C)C)c2ccccc2Br)CC1. The van der Waals surface area contributed by atoms with Crippen molar-refractivity contribution in [3.63, 3.8) is 0 Å². The summed E-state index contributed by atoms with van der Waals surface area (Å²) in [5, 5.41) is 1.69. The maximum absolute atomic E-state index is 12.9. The Hall–Kier alpha value is -0.960. The molecule has 1 aliphatic rings. The zero-order valence-corrected chi connectivity index (χ0v) is 20.6. The molecule has 0 aliphatic carbocycles. The Kier molecular flexibility index (Phi) is 7.58. The van der Waals surface area contributed by atoms with Gasteiger partial charge in [0.2, 0.25) is 10.0 Å². The Balaban J connectivity index is 2.19. The van der Waals surface area contributed by atoms with Crippen LogP contribution in [0.15, 0.2) is 28.7 Å². The van der Waals surface area contributed by atoms with Crippen LogP contribution in [0.25, 0.3) is 0 Å². The van der Waals surface area contributed by atoms with E-state index >= 15 is 0 Å². The fourth-order valence-corrected chi connectivity index (χ4v) is 4.58. The predicted molar refractivity (Wildman–Crippen MR) is 119 cm³/mol. The Morgan fingerprint density at radius 2 is 1.69 bits per heavy atom. The number of halogens is 1. The van der Waals surface area contributed by atoms with E-state index in [-0.39, 0.29) is 17.9 Å². The van der Waals surface area contributed by atoms with Crippen molar-refractivity contribution in [1.82, 2.24) is 9.79 Å². The predicted octanol–water partition coefficient (Wildman–Crippen LogP) is 4.42. The van der Waals surface area contributed by atoms with Crippen molar-refractivity contribution in [3.8, 4) is 0 Å². The summed E-state index contributed by atoms with van der Waals surface area (Å²) in [6, 6.07) is 7.35. The van der Waals surface area contributed by atoms with Crippen molar-refractivity contribution < 1.29 is 18.0 Å². The van der Waals surface area contributed by atoms with Crippen molar-refractivity contribution in [2.45, 2.75) is 65.2 Å². The van der Waals surface area contributed by atoms with Gasteiger partial charge in [-0.15, -0.1) is 5.06 Å². The number of carbonyl (C=O) groups excluding carboxylic acids is 1. The number of hydrogen-bond donors (Lipinski definition) is 1. The van der Waals surface area contributed by atoms with E-state index in [1.54, 1.807) is 25.8 Å². The minimum Gasteiger partial charge on any atom is -0.367 e. The van der Waals surface area contributed by atoms with Crippen molar-refractivity contribution in [3.05, 3.63) is 34.3 Å². The molecule has 6 nitrogen and oxygen atoms in total. The lowest BCUT2D eigenvalue weighted by Crippen LogP contribution is -2.46. The molecule has 0 spiro atoms. The van der Waals surface area contributed by atoms with Crippen LogP contribution in [-0.4, -0.2) is 37.3 Å². The summed E-state index contributed by atoms with van der Waals surface area (Å²) in [4.78, 5) is 17.7. The molecule has 0 radical (unpaired) electrons. The Morgan fingerprint density at radius 3 is 2.17 bits per heavy atom. The highest BCUT2D eigenvalue weighted by Gasteiger charge is 2.37. The quantitative estimate of drug-likeness (QED) is 0.663. The van der Waals surface area contributed by atoms with E-state index in [9.17, 15) is 13.2 Å². The molecule has 0 aromatic heterocycles. The van der Waals surface area contributed by atoms with E-state index < -0.39 is 20.2 Å². The molecular weight excluding hydrogens is 456 g/mol. The minimum atomic E-state index is -3.53. The fraction of sp³-hybridized carbons (Fsp3) is 0.667. The third-order valence-electron chi connectivity index (χ3n) is 5.12. The summed E-state index contributed by atoms with van der Waals surface area (Å²) in [5.41, 5.74) is 0.363. The highest BCUT2D eigenvalue weighted by atomic mass is 79.9. The van der Waals surface area contributed by atoms with Gasteiger partial charge in [0.15, 0.2) is 0 Å². The van der Waals surface area contributed by atoms with E-state index in [1.807, 2.05) is 45.0 Å². The van der Waals surface area contributed by atoms with E-state index in [2.05, 4.69) is 20.7 Å². The Labute approximate surface area is 183 Å². The standard InChI is InChI=1S/C21H33BrN2O4S/c1-20(2,3)19(25)28-24-13-11-15(12-14-24)18(16-9-7-8-10-17(16)22)23-29(26,27)21(4,5)6/h7-10,15,18,23H,11-14H2,1-6H3/t18-/m1/s1. The smallest absolute Gasteiger partial charge is 0.330 e. The number of hydrogen-bond acceptors (Lipinski definition) is 5. The molecule has 0 amide bonds. The first-order valence-electron chi connectivity index (χ1n) is 9.96. The molecule has 1 heterocycles. The summed E-state index contributed by atoms with van der Waals surface area (Å²) < 4.78 is 28.7. The molecule has 0 saturated carbocycles. The number of piperidine rings is 1. The monoisotopic (exact) mass is 488 g/mol. The van der Waals surface area contributed by atoms with Gasteiger partial charge in [0, 0.05) is 17.6 Å². The summed E-state index contributed by atoms with van der Waals surface area (Å²) in [6.45, 7) is 11.7. The van der Waals surface area contributed by atoms with Gasteiger partial charge in [0.25, 0.3) is 0 Å². The lowest BCUT2D eigenvalue weighted by molar-refractivity contribution is -0.206. The third-order valence-corrected chi connectivity index (χ3v) is 8.02. The summed E-state index contributed by atoms with van der Waals surface area (Å²) in [7, 11) is -3.53. The maximum Gasteiger partial charge on any atom is 0.330 e. The maximum atomic E-state index is 12.9. The van der Waals surface area contributed by atoms with Gasteiger partial charge in [-0.2, -0.15) is 0 Å². The Morgan fingerprint density at radius 1 is 1.14 bits per heavy atom. The Bertz CT molecular complexity index is 820. The van der Waals surface area contributed by atoms with Crippen LogP contribution in [-0.2, 0) is 19.7 Å². The molecular formula is C21H33BrN2O4S. The van der Waals surface area contributed by atoms with Crippen LogP contribution < -0.4 is 4.72 Å². The summed E-state index contributed by atoms with van der Waals surface area (Å²) in [6.07, 6.45) is 1.44. The van der Waals surface area contributed by atoms with E-state index in [0.29, 0.717) is 13.1 Å². The number of benzene rings is 1. The second kappa shape index (κ2) is 9.04. The molecule has 8 heteroatoms. The molecule has 29 heavy (non-hydrogen) atoms. The van der Waals surface area contributed by atoms with Crippen LogP contribution in [0.3, 0.4) is 0 Å². The second-order valence-corrected chi connectivity index (χ2v) is 12.9. The van der Waals surface area contributed by atoms with Gasteiger partial charge >= 0.3 is 5.97 Å². The number of rotatable bonds is 5. The molecule has 1 atom stereocenters. The van der Waals surface area contributed by atoms with Crippen molar-refractivity contribution in [1.29, 1.82) is 0 Å². The molecule has 164 valence electrons. The van der Waals surface area contributed by atoms with Gasteiger partial charge in [-0.05, 0) is 71.9 Å². The van der Waals surface area contributed by atoms with Crippen LogP contribution in [0.4, 0.5) is 0 Å². The van der Waals surface area contributed by atoms with Gasteiger partial charge in [0.1, 0.15) is 0 Å². The molecule has 1 saturated heterocycles. The van der Waals surface area contributed by atoms with Gasteiger partial charge in [-0.1, -0.05) is 34.1 Å². The number of carbonyl (C=O) groups is 1. The van der Waals surface area contributed by atoms with Crippen molar-refractivity contribution in [2.24, 2.45) is 11.3 Å². The average Bonchev–Trinajstić information content (AvgIpc) is 2.59. The number of nitrogens with one attached hydrogen (secondary N) is 1. The van der Waals surface area contributed by atoms with E-state index in [1.165, 1.54) is 0 Å². The highest BCUT2D eigenvalue weighted by molar-refractivity contribution is 9.10. The topological polar surface area (TPSA) is 75.7 Å². The third kappa shape index (κ3) is 6.26. The van der Waals surface area contributed by atoms with Gasteiger partial charge in [-0.25, -0.2) is 17.9 Å². The average molecular weight is 489 g/mol. The van der Waals surface area contributed by atoms with Gasteiger partial charge in [0.05, 0.1) is 16.2 Å².